The molecule has 7 rings (SSSR count). The highest BCUT2D eigenvalue weighted by Gasteiger charge is 2.37. The molecule has 2 aromatic carbocycles. The lowest BCUT2D eigenvalue weighted by Gasteiger charge is -2.43. The number of pyridine rings is 1. The van der Waals surface area contributed by atoms with Gasteiger partial charge in [-0.05, 0) is 55.9 Å². The van der Waals surface area contributed by atoms with Crippen LogP contribution in [-0.2, 0) is 12.8 Å². The molecule has 164 valence electrons. The summed E-state index contributed by atoms with van der Waals surface area (Å²) in [5.41, 5.74) is 9.39. The van der Waals surface area contributed by atoms with E-state index in [1.807, 2.05) is 6.20 Å². The summed E-state index contributed by atoms with van der Waals surface area (Å²) < 4.78 is 0. The fourth-order valence-corrected chi connectivity index (χ4v) is 6.37. The van der Waals surface area contributed by atoms with E-state index in [4.69, 9.17) is 4.98 Å². The number of aromatic nitrogens is 3. The molecule has 0 unspecified atom stereocenters. The Labute approximate surface area is 193 Å². The lowest BCUT2D eigenvalue weighted by atomic mass is 9.79. The SMILES string of the molecule is C/C=C1/CN2CCc3c([nH]c4ccccc34)[C@@H]2C[C@@H]1Cc1nccc2c1[nH]c1ccccc12. The van der Waals surface area contributed by atoms with Gasteiger partial charge in [0.1, 0.15) is 0 Å². The topological polar surface area (TPSA) is 47.7 Å². The number of H-pyrrole nitrogens is 2. The molecule has 0 radical (unpaired) electrons. The molecular formula is C29H28N4. The third kappa shape index (κ3) is 2.90. The number of nitrogens with zero attached hydrogens (tertiary/aromatic N) is 2. The lowest BCUT2D eigenvalue weighted by Crippen LogP contribution is -2.43. The van der Waals surface area contributed by atoms with Crippen molar-refractivity contribution in [1.29, 1.82) is 0 Å². The van der Waals surface area contributed by atoms with Crippen molar-refractivity contribution in [2.24, 2.45) is 5.92 Å². The van der Waals surface area contributed by atoms with Gasteiger partial charge < -0.3 is 9.97 Å². The third-order valence-corrected chi connectivity index (χ3v) is 8.00. The molecule has 1 saturated heterocycles. The Morgan fingerprint density at radius 2 is 1.76 bits per heavy atom. The van der Waals surface area contributed by atoms with Gasteiger partial charge in [0.15, 0.2) is 0 Å². The number of benzene rings is 2. The van der Waals surface area contributed by atoms with E-state index in [-0.39, 0.29) is 0 Å². The minimum absolute atomic E-state index is 0.455. The normalized spacial score (nSPS) is 22.3. The second-order valence-corrected chi connectivity index (χ2v) is 9.65. The van der Waals surface area contributed by atoms with Crippen LogP contribution in [0.5, 0.6) is 0 Å². The van der Waals surface area contributed by atoms with E-state index in [1.54, 1.807) is 5.57 Å². The van der Waals surface area contributed by atoms with Crippen LogP contribution in [-0.4, -0.2) is 32.9 Å². The van der Waals surface area contributed by atoms with E-state index in [1.165, 1.54) is 49.7 Å². The van der Waals surface area contributed by atoms with Crippen LogP contribution >= 0.6 is 0 Å². The van der Waals surface area contributed by atoms with Crippen molar-refractivity contribution < 1.29 is 0 Å². The van der Waals surface area contributed by atoms with Crippen LogP contribution in [0.25, 0.3) is 32.7 Å². The standard InChI is InChI=1S/C29H28N4/c1-2-18-17-33-14-12-23-21-8-4-6-10-25(21)32-29(23)27(33)16-19(18)15-26-28-22(11-13-30-26)20-7-3-5-9-24(20)31-28/h2-11,13,19,27,31-32H,12,14-17H2,1H3/b18-2-/t19-,27-/m0/s1. The second kappa shape index (κ2) is 7.32. The molecule has 0 aliphatic carbocycles. The van der Waals surface area contributed by atoms with Gasteiger partial charge in [0, 0.05) is 52.2 Å². The molecule has 2 atom stereocenters. The van der Waals surface area contributed by atoms with Crippen molar-refractivity contribution in [3.63, 3.8) is 0 Å². The van der Waals surface area contributed by atoms with E-state index in [2.05, 4.69) is 82.5 Å². The molecule has 1 fully saturated rings. The average molecular weight is 433 g/mol. The number of hydrogen-bond donors (Lipinski definition) is 2. The molecule has 0 bridgehead atoms. The van der Waals surface area contributed by atoms with Crippen LogP contribution < -0.4 is 0 Å². The van der Waals surface area contributed by atoms with Crippen LogP contribution in [0, 0.1) is 5.92 Å². The number of aromatic amines is 2. The summed E-state index contributed by atoms with van der Waals surface area (Å²) in [7, 11) is 0. The maximum Gasteiger partial charge on any atom is 0.0684 e. The van der Waals surface area contributed by atoms with Gasteiger partial charge in [0.2, 0.25) is 0 Å². The van der Waals surface area contributed by atoms with Crippen LogP contribution in [0.15, 0.2) is 72.4 Å². The summed E-state index contributed by atoms with van der Waals surface area (Å²) in [4.78, 5) is 15.0. The van der Waals surface area contributed by atoms with Crippen LogP contribution in [0.3, 0.4) is 0 Å². The van der Waals surface area contributed by atoms with Crippen molar-refractivity contribution in [1.82, 2.24) is 19.9 Å². The predicted molar refractivity (Wildman–Crippen MR) is 135 cm³/mol. The molecule has 0 saturated carbocycles. The molecule has 0 spiro atoms. The highest BCUT2D eigenvalue weighted by Crippen LogP contribution is 2.44. The van der Waals surface area contributed by atoms with Gasteiger partial charge in [-0.1, -0.05) is 48.0 Å². The van der Waals surface area contributed by atoms with Crippen LogP contribution in [0.4, 0.5) is 0 Å². The molecule has 4 heteroatoms. The number of piperidine rings is 1. The Bertz CT molecular complexity index is 1540. The monoisotopic (exact) mass is 432 g/mol. The number of fused-ring (bicyclic) bond motifs is 8. The Hall–Kier alpha value is -3.37. The molecule has 2 aliphatic heterocycles. The molecule has 0 amide bonds. The highest BCUT2D eigenvalue weighted by molar-refractivity contribution is 6.07. The first kappa shape index (κ1) is 19.1. The smallest absolute Gasteiger partial charge is 0.0684 e. The molecule has 5 aromatic rings. The Balaban J connectivity index is 1.28. The first-order chi connectivity index (χ1) is 16.3. The summed E-state index contributed by atoms with van der Waals surface area (Å²) in [5, 5.41) is 3.97. The zero-order valence-electron chi connectivity index (χ0n) is 18.9. The van der Waals surface area contributed by atoms with Gasteiger partial charge >= 0.3 is 0 Å². The number of allylic oxidation sites excluding steroid dienone is 1. The largest absolute Gasteiger partial charge is 0.357 e. The maximum absolute atomic E-state index is 4.87. The fourth-order valence-electron chi connectivity index (χ4n) is 6.37. The van der Waals surface area contributed by atoms with Gasteiger partial charge in [0.25, 0.3) is 0 Å². The summed E-state index contributed by atoms with van der Waals surface area (Å²) in [6.45, 7) is 4.40. The number of para-hydroxylation sites is 2. The third-order valence-electron chi connectivity index (χ3n) is 8.00. The van der Waals surface area contributed by atoms with E-state index in [0.29, 0.717) is 12.0 Å². The van der Waals surface area contributed by atoms with E-state index < -0.39 is 0 Å². The summed E-state index contributed by atoms with van der Waals surface area (Å²) >= 11 is 0. The van der Waals surface area contributed by atoms with Crippen molar-refractivity contribution in [3.8, 4) is 0 Å². The Morgan fingerprint density at radius 1 is 0.970 bits per heavy atom. The highest BCUT2D eigenvalue weighted by atomic mass is 15.2. The van der Waals surface area contributed by atoms with Crippen molar-refractivity contribution in [3.05, 3.63) is 89.4 Å². The summed E-state index contributed by atoms with van der Waals surface area (Å²) in [6, 6.07) is 20.0. The summed E-state index contributed by atoms with van der Waals surface area (Å²) in [5.74, 6) is 0.498. The fraction of sp³-hybridized carbons (Fsp3) is 0.276. The molecule has 5 heterocycles. The van der Waals surface area contributed by atoms with Gasteiger partial charge in [0.05, 0.1) is 17.3 Å². The number of rotatable bonds is 2. The van der Waals surface area contributed by atoms with E-state index >= 15 is 0 Å². The zero-order valence-corrected chi connectivity index (χ0v) is 18.9. The zero-order chi connectivity index (χ0) is 21.9. The molecule has 3 aromatic heterocycles. The van der Waals surface area contributed by atoms with E-state index in [0.717, 1.165) is 32.4 Å². The first-order valence-corrected chi connectivity index (χ1v) is 12.1. The maximum atomic E-state index is 4.87. The van der Waals surface area contributed by atoms with Gasteiger partial charge in [-0.25, -0.2) is 0 Å². The van der Waals surface area contributed by atoms with Crippen LogP contribution in [0.1, 0.15) is 36.3 Å². The van der Waals surface area contributed by atoms with Crippen LogP contribution in [0.2, 0.25) is 0 Å². The number of hydrogen-bond acceptors (Lipinski definition) is 2. The quantitative estimate of drug-likeness (QED) is 0.321. The van der Waals surface area contributed by atoms with Gasteiger partial charge in [-0.3, -0.25) is 9.88 Å². The first-order valence-electron chi connectivity index (χ1n) is 12.1. The molecular weight excluding hydrogens is 404 g/mol. The Kier molecular flexibility index (Phi) is 4.25. The lowest BCUT2D eigenvalue weighted by molar-refractivity contribution is 0.138. The average Bonchev–Trinajstić information content (AvgIpc) is 3.43. The van der Waals surface area contributed by atoms with Crippen molar-refractivity contribution >= 4 is 32.7 Å². The molecule has 4 nitrogen and oxygen atoms in total. The van der Waals surface area contributed by atoms with E-state index in [9.17, 15) is 0 Å². The predicted octanol–water partition coefficient (Wildman–Crippen LogP) is 6.31. The second-order valence-electron chi connectivity index (χ2n) is 9.65. The molecule has 2 aliphatic rings. The molecule has 33 heavy (non-hydrogen) atoms. The Morgan fingerprint density at radius 3 is 2.61 bits per heavy atom. The van der Waals surface area contributed by atoms with Crippen molar-refractivity contribution in [2.75, 3.05) is 13.1 Å². The summed E-state index contributed by atoms with van der Waals surface area (Å²) in [6.07, 6.45) is 7.58. The minimum atomic E-state index is 0.455. The molecule has 2 N–H and O–H groups in total. The van der Waals surface area contributed by atoms with Crippen molar-refractivity contribution in [2.45, 2.75) is 32.2 Å². The number of nitrogens with one attached hydrogen (secondary N) is 2. The van der Waals surface area contributed by atoms with Gasteiger partial charge in [-0.2, -0.15) is 0 Å². The van der Waals surface area contributed by atoms with Gasteiger partial charge in [-0.15, -0.1) is 0 Å². The minimum Gasteiger partial charge on any atom is -0.357 e.